The van der Waals surface area contributed by atoms with Gasteiger partial charge in [-0.2, -0.15) is 0 Å². The quantitative estimate of drug-likeness (QED) is 0.905. The van der Waals surface area contributed by atoms with Crippen molar-refractivity contribution in [2.24, 2.45) is 0 Å². The zero-order valence-corrected chi connectivity index (χ0v) is 12.5. The predicted octanol–water partition coefficient (Wildman–Crippen LogP) is 3.42. The summed E-state index contributed by atoms with van der Waals surface area (Å²) >= 11 is 0. The van der Waals surface area contributed by atoms with E-state index >= 15 is 0 Å². The molecule has 0 saturated heterocycles. The molecule has 0 fully saturated rings. The van der Waals surface area contributed by atoms with Crippen LogP contribution < -0.4 is 10.1 Å². The lowest BCUT2D eigenvalue weighted by atomic mass is 9.98. The summed E-state index contributed by atoms with van der Waals surface area (Å²) in [5.41, 5.74) is 3.47. The Kier molecular flexibility index (Phi) is 4.69. The number of aryl methyl sites for hydroxylation is 1. The third-order valence-corrected chi connectivity index (χ3v) is 3.13. The van der Waals surface area contributed by atoms with E-state index < -0.39 is 0 Å². The van der Waals surface area contributed by atoms with Crippen LogP contribution in [0.3, 0.4) is 0 Å². The fourth-order valence-electron chi connectivity index (χ4n) is 2.15. The second-order valence-corrected chi connectivity index (χ2v) is 5.15. The Morgan fingerprint density at radius 2 is 2.00 bits per heavy atom. The van der Waals surface area contributed by atoms with Crippen molar-refractivity contribution < 1.29 is 4.74 Å². The van der Waals surface area contributed by atoms with Crippen LogP contribution in [-0.2, 0) is 6.54 Å². The lowest BCUT2D eigenvalue weighted by molar-refractivity contribution is 0.458. The van der Waals surface area contributed by atoms with Crippen LogP contribution in [0, 0.1) is 6.92 Å². The maximum absolute atomic E-state index is 5.73. The van der Waals surface area contributed by atoms with Gasteiger partial charge in [-0.25, -0.2) is 4.98 Å². The van der Waals surface area contributed by atoms with Crippen LogP contribution in [0.25, 0.3) is 0 Å². The van der Waals surface area contributed by atoms with Crippen molar-refractivity contribution in [2.45, 2.75) is 33.2 Å². The van der Waals surface area contributed by atoms with Crippen molar-refractivity contribution in [1.82, 2.24) is 15.3 Å². The average molecular weight is 271 g/mol. The number of hydrogen-bond donors (Lipinski definition) is 1. The Labute approximate surface area is 120 Å². The first-order valence-corrected chi connectivity index (χ1v) is 6.84. The zero-order valence-electron chi connectivity index (χ0n) is 12.5. The normalized spacial score (nSPS) is 10.8. The minimum Gasteiger partial charge on any atom is -0.437 e. The highest BCUT2D eigenvalue weighted by Crippen LogP contribution is 2.25. The molecule has 20 heavy (non-hydrogen) atoms. The van der Waals surface area contributed by atoms with E-state index in [1.165, 1.54) is 11.1 Å². The summed E-state index contributed by atoms with van der Waals surface area (Å²) < 4.78 is 5.73. The van der Waals surface area contributed by atoms with Crippen LogP contribution in [0.5, 0.6) is 11.6 Å². The van der Waals surface area contributed by atoms with Gasteiger partial charge in [0.15, 0.2) is 0 Å². The minimum atomic E-state index is 0.515. The van der Waals surface area contributed by atoms with E-state index in [1.54, 1.807) is 12.4 Å². The third kappa shape index (κ3) is 3.54. The lowest BCUT2D eigenvalue weighted by Gasteiger charge is -2.11. The maximum Gasteiger partial charge on any atom is 0.237 e. The molecule has 0 aliphatic carbocycles. The number of ether oxygens (including phenoxy) is 1. The van der Waals surface area contributed by atoms with Crippen LogP contribution in [0.4, 0.5) is 0 Å². The number of hydrogen-bond acceptors (Lipinski definition) is 4. The molecular formula is C16H21N3O. The van der Waals surface area contributed by atoms with Crippen LogP contribution in [0.1, 0.15) is 36.6 Å². The molecule has 0 bridgehead atoms. The number of rotatable bonds is 5. The van der Waals surface area contributed by atoms with Crippen LogP contribution in [0.2, 0.25) is 0 Å². The van der Waals surface area contributed by atoms with Crippen molar-refractivity contribution in [2.75, 3.05) is 7.05 Å². The Morgan fingerprint density at radius 3 is 2.55 bits per heavy atom. The number of benzene rings is 1. The van der Waals surface area contributed by atoms with Crippen molar-refractivity contribution in [1.29, 1.82) is 0 Å². The van der Waals surface area contributed by atoms with E-state index in [9.17, 15) is 0 Å². The number of nitrogens with one attached hydrogen (secondary N) is 1. The standard InChI is InChI=1S/C16H21N3O/c1-11(2)15-6-5-14(7-12(15)3)20-16-10-18-13(8-17-4)9-19-16/h5-7,9-11,17H,8H2,1-4H3. The van der Waals surface area contributed by atoms with E-state index in [1.807, 2.05) is 19.2 Å². The topological polar surface area (TPSA) is 47.0 Å². The SMILES string of the molecule is CNCc1cnc(Oc2ccc(C(C)C)c(C)c2)cn1. The predicted molar refractivity (Wildman–Crippen MR) is 80.1 cm³/mol. The molecule has 2 rings (SSSR count). The summed E-state index contributed by atoms with van der Waals surface area (Å²) in [6, 6.07) is 6.13. The molecule has 0 radical (unpaired) electrons. The first-order valence-electron chi connectivity index (χ1n) is 6.84. The largest absolute Gasteiger partial charge is 0.437 e. The van der Waals surface area contributed by atoms with E-state index in [0.717, 1.165) is 11.4 Å². The van der Waals surface area contributed by atoms with Gasteiger partial charge >= 0.3 is 0 Å². The number of nitrogens with zero attached hydrogens (tertiary/aromatic N) is 2. The molecule has 0 aliphatic heterocycles. The molecule has 1 aromatic carbocycles. The van der Waals surface area contributed by atoms with Gasteiger partial charge in [-0.05, 0) is 43.1 Å². The highest BCUT2D eigenvalue weighted by molar-refractivity contribution is 5.37. The summed E-state index contributed by atoms with van der Waals surface area (Å²) in [4.78, 5) is 8.54. The highest BCUT2D eigenvalue weighted by Gasteiger charge is 2.06. The van der Waals surface area contributed by atoms with E-state index in [-0.39, 0.29) is 0 Å². The molecule has 1 aromatic heterocycles. The third-order valence-electron chi connectivity index (χ3n) is 3.13. The Hall–Kier alpha value is -1.94. The van der Waals surface area contributed by atoms with E-state index in [4.69, 9.17) is 4.74 Å². The maximum atomic E-state index is 5.73. The van der Waals surface area contributed by atoms with Gasteiger partial charge < -0.3 is 10.1 Å². The van der Waals surface area contributed by atoms with Crippen LogP contribution in [0.15, 0.2) is 30.6 Å². The highest BCUT2D eigenvalue weighted by atomic mass is 16.5. The summed E-state index contributed by atoms with van der Waals surface area (Å²) in [6.07, 6.45) is 3.37. The van der Waals surface area contributed by atoms with Gasteiger partial charge in [0, 0.05) is 6.54 Å². The summed E-state index contributed by atoms with van der Waals surface area (Å²) in [6.45, 7) is 7.18. The summed E-state index contributed by atoms with van der Waals surface area (Å²) in [5.74, 6) is 1.83. The zero-order chi connectivity index (χ0) is 14.5. The fraction of sp³-hybridized carbons (Fsp3) is 0.375. The molecule has 2 aromatic rings. The fourth-order valence-corrected chi connectivity index (χ4v) is 2.15. The van der Waals surface area contributed by atoms with Gasteiger partial charge in [0.2, 0.25) is 5.88 Å². The van der Waals surface area contributed by atoms with Crippen molar-refractivity contribution >= 4 is 0 Å². The Morgan fingerprint density at radius 1 is 1.20 bits per heavy atom. The lowest BCUT2D eigenvalue weighted by Crippen LogP contribution is -2.07. The molecule has 0 aliphatic rings. The van der Waals surface area contributed by atoms with Crippen molar-refractivity contribution in [3.8, 4) is 11.6 Å². The van der Waals surface area contributed by atoms with Crippen LogP contribution >= 0.6 is 0 Å². The second-order valence-electron chi connectivity index (χ2n) is 5.15. The van der Waals surface area contributed by atoms with E-state index in [0.29, 0.717) is 18.3 Å². The molecule has 1 N–H and O–H groups in total. The second kappa shape index (κ2) is 6.48. The molecule has 106 valence electrons. The van der Waals surface area contributed by atoms with Crippen molar-refractivity contribution in [3.05, 3.63) is 47.4 Å². The average Bonchev–Trinajstić information content (AvgIpc) is 2.41. The summed E-state index contributed by atoms with van der Waals surface area (Å²) in [5, 5.41) is 3.03. The first-order chi connectivity index (χ1) is 9.60. The monoisotopic (exact) mass is 271 g/mol. The first kappa shape index (κ1) is 14.5. The Bertz CT molecular complexity index is 564. The summed E-state index contributed by atoms with van der Waals surface area (Å²) in [7, 11) is 1.88. The van der Waals surface area contributed by atoms with Gasteiger partial charge in [0.05, 0.1) is 18.1 Å². The van der Waals surface area contributed by atoms with Gasteiger partial charge in [-0.15, -0.1) is 0 Å². The molecule has 0 saturated carbocycles. The molecule has 0 spiro atoms. The number of aromatic nitrogens is 2. The molecule has 1 heterocycles. The van der Waals surface area contributed by atoms with Crippen molar-refractivity contribution in [3.63, 3.8) is 0 Å². The molecule has 0 amide bonds. The van der Waals surface area contributed by atoms with Gasteiger partial charge in [-0.1, -0.05) is 19.9 Å². The van der Waals surface area contributed by atoms with Crippen LogP contribution in [-0.4, -0.2) is 17.0 Å². The molecule has 0 unspecified atom stereocenters. The van der Waals surface area contributed by atoms with Gasteiger partial charge in [-0.3, -0.25) is 4.98 Å². The molecule has 0 atom stereocenters. The minimum absolute atomic E-state index is 0.515. The van der Waals surface area contributed by atoms with E-state index in [2.05, 4.69) is 42.1 Å². The van der Waals surface area contributed by atoms with Gasteiger partial charge in [0.1, 0.15) is 5.75 Å². The molecular weight excluding hydrogens is 250 g/mol. The molecule has 4 heteroatoms. The molecule has 4 nitrogen and oxygen atoms in total. The Balaban J connectivity index is 2.11. The smallest absolute Gasteiger partial charge is 0.237 e. The van der Waals surface area contributed by atoms with Gasteiger partial charge in [0.25, 0.3) is 0 Å².